The first-order valence-electron chi connectivity index (χ1n) is 12.3. The molecule has 0 unspecified atom stereocenters. The van der Waals surface area contributed by atoms with Gasteiger partial charge in [0.25, 0.3) is 0 Å². The fourth-order valence-corrected chi connectivity index (χ4v) is 5.81. The molecule has 1 heterocycles. The first-order valence-corrected chi connectivity index (χ1v) is 13.1. The minimum absolute atomic E-state index is 0.720. The van der Waals surface area contributed by atoms with E-state index in [2.05, 4.69) is 107 Å². The highest BCUT2D eigenvalue weighted by Crippen LogP contribution is 2.43. The van der Waals surface area contributed by atoms with Gasteiger partial charge in [-0.1, -0.05) is 131 Å². The lowest BCUT2D eigenvalue weighted by Gasteiger charge is -2.16. The van der Waals surface area contributed by atoms with Crippen LogP contribution in [0.3, 0.4) is 0 Å². The number of hydrogen-bond donors (Lipinski definition) is 0. The second kappa shape index (κ2) is 8.95. The SMILES string of the molecule is Brc1ccc(-c2cc(-c3ccccc3)nc(-c3ccccc3)n2)c2c3ccccc3c3ccccc3c12. The second-order valence-electron chi connectivity index (χ2n) is 9.13. The summed E-state index contributed by atoms with van der Waals surface area (Å²) in [6.07, 6.45) is 0. The monoisotopic (exact) mass is 536 g/mol. The molecular formula is C34H21BrN2. The van der Waals surface area contributed by atoms with Gasteiger partial charge < -0.3 is 0 Å². The van der Waals surface area contributed by atoms with Gasteiger partial charge in [0.2, 0.25) is 0 Å². The zero-order valence-corrected chi connectivity index (χ0v) is 21.5. The van der Waals surface area contributed by atoms with Crippen molar-refractivity contribution < 1.29 is 0 Å². The quantitative estimate of drug-likeness (QED) is 0.210. The topological polar surface area (TPSA) is 25.8 Å². The van der Waals surface area contributed by atoms with Gasteiger partial charge in [-0.2, -0.15) is 0 Å². The predicted octanol–water partition coefficient (Wildman–Crippen LogP) is 9.70. The molecule has 0 amide bonds. The molecule has 7 aromatic rings. The summed E-state index contributed by atoms with van der Waals surface area (Å²) >= 11 is 3.88. The summed E-state index contributed by atoms with van der Waals surface area (Å²) in [5, 5.41) is 7.33. The highest BCUT2D eigenvalue weighted by molar-refractivity contribution is 9.10. The molecule has 2 nitrogen and oxygen atoms in total. The Hall–Kier alpha value is -4.34. The first kappa shape index (κ1) is 21.9. The van der Waals surface area contributed by atoms with Crippen molar-refractivity contribution in [3.05, 3.63) is 132 Å². The molecule has 0 N–H and O–H groups in total. The smallest absolute Gasteiger partial charge is 0.160 e. The van der Waals surface area contributed by atoms with E-state index in [4.69, 9.17) is 9.97 Å². The van der Waals surface area contributed by atoms with Crippen LogP contribution in [0.2, 0.25) is 0 Å². The molecule has 37 heavy (non-hydrogen) atoms. The molecule has 0 aliphatic heterocycles. The maximum absolute atomic E-state index is 5.14. The molecule has 3 heteroatoms. The summed E-state index contributed by atoms with van der Waals surface area (Å²) in [6, 6.07) is 44.3. The third kappa shape index (κ3) is 3.71. The van der Waals surface area contributed by atoms with E-state index in [1.54, 1.807) is 0 Å². The van der Waals surface area contributed by atoms with Crippen molar-refractivity contribution in [1.82, 2.24) is 9.97 Å². The van der Waals surface area contributed by atoms with Crippen molar-refractivity contribution in [2.75, 3.05) is 0 Å². The van der Waals surface area contributed by atoms with Crippen molar-refractivity contribution >= 4 is 48.2 Å². The van der Waals surface area contributed by atoms with Gasteiger partial charge in [0.15, 0.2) is 5.82 Å². The molecule has 0 bridgehead atoms. The molecule has 0 fully saturated rings. The van der Waals surface area contributed by atoms with E-state index < -0.39 is 0 Å². The number of rotatable bonds is 3. The molecule has 0 radical (unpaired) electrons. The van der Waals surface area contributed by atoms with E-state index in [0.717, 1.165) is 38.4 Å². The van der Waals surface area contributed by atoms with E-state index in [-0.39, 0.29) is 0 Å². The van der Waals surface area contributed by atoms with Crippen molar-refractivity contribution in [2.24, 2.45) is 0 Å². The maximum Gasteiger partial charge on any atom is 0.160 e. The van der Waals surface area contributed by atoms with E-state index >= 15 is 0 Å². The summed E-state index contributed by atoms with van der Waals surface area (Å²) in [5.74, 6) is 0.720. The summed E-state index contributed by atoms with van der Waals surface area (Å²) in [5.41, 5.74) is 4.98. The molecular weight excluding hydrogens is 516 g/mol. The molecule has 0 spiro atoms. The first-order chi connectivity index (χ1) is 18.3. The normalized spacial score (nSPS) is 11.4. The Kier molecular flexibility index (Phi) is 5.30. The third-order valence-corrected chi connectivity index (χ3v) is 7.60. The summed E-state index contributed by atoms with van der Waals surface area (Å²) < 4.78 is 1.08. The molecule has 6 aromatic carbocycles. The number of hydrogen-bond acceptors (Lipinski definition) is 2. The Morgan fingerprint density at radius 1 is 0.432 bits per heavy atom. The second-order valence-corrected chi connectivity index (χ2v) is 9.98. The molecule has 0 saturated heterocycles. The Bertz CT molecular complexity index is 1870. The number of benzene rings is 6. The highest BCUT2D eigenvalue weighted by atomic mass is 79.9. The Morgan fingerprint density at radius 3 is 1.59 bits per heavy atom. The van der Waals surface area contributed by atoms with Crippen LogP contribution < -0.4 is 0 Å². The van der Waals surface area contributed by atoms with Crippen LogP contribution in [0.5, 0.6) is 0 Å². The molecule has 7 rings (SSSR count). The zero-order chi connectivity index (χ0) is 24.8. The van der Waals surface area contributed by atoms with Crippen molar-refractivity contribution in [3.63, 3.8) is 0 Å². The van der Waals surface area contributed by atoms with Crippen LogP contribution in [0.15, 0.2) is 132 Å². The molecule has 0 aliphatic carbocycles. The molecule has 1 aromatic heterocycles. The van der Waals surface area contributed by atoms with Crippen molar-refractivity contribution in [1.29, 1.82) is 0 Å². The van der Waals surface area contributed by atoms with Gasteiger partial charge in [0, 0.05) is 31.9 Å². The highest BCUT2D eigenvalue weighted by Gasteiger charge is 2.17. The lowest BCUT2D eigenvalue weighted by atomic mass is 9.90. The predicted molar refractivity (Wildman–Crippen MR) is 159 cm³/mol. The van der Waals surface area contributed by atoms with Gasteiger partial charge in [-0.15, -0.1) is 0 Å². The van der Waals surface area contributed by atoms with Crippen LogP contribution in [0.4, 0.5) is 0 Å². The summed E-state index contributed by atoms with van der Waals surface area (Å²) in [4.78, 5) is 10.1. The lowest BCUT2D eigenvalue weighted by molar-refractivity contribution is 1.18. The maximum atomic E-state index is 5.14. The molecule has 0 saturated carbocycles. The van der Waals surface area contributed by atoms with E-state index in [0.29, 0.717) is 0 Å². The summed E-state index contributed by atoms with van der Waals surface area (Å²) in [7, 11) is 0. The minimum atomic E-state index is 0.720. The third-order valence-electron chi connectivity index (χ3n) is 6.94. The number of aromatic nitrogens is 2. The van der Waals surface area contributed by atoms with Gasteiger partial charge >= 0.3 is 0 Å². The van der Waals surface area contributed by atoms with Crippen molar-refractivity contribution in [2.45, 2.75) is 0 Å². The average molecular weight is 537 g/mol. The number of halogens is 1. The summed E-state index contributed by atoms with van der Waals surface area (Å²) in [6.45, 7) is 0. The zero-order valence-electron chi connectivity index (χ0n) is 19.9. The fraction of sp³-hybridized carbons (Fsp3) is 0. The van der Waals surface area contributed by atoms with Crippen LogP contribution in [-0.2, 0) is 0 Å². The van der Waals surface area contributed by atoms with Crippen LogP contribution in [0.25, 0.3) is 66.2 Å². The Balaban J connectivity index is 1.62. The van der Waals surface area contributed by atoms with Gasteiger partial charge in [-0.05, 0) is 33.7 Å². The lowest BCUT2D eigenvalue weighted by Crippen LogP contribution is -1.97. The standard InChI is InChI=1S/C34H21BrN2/c35-29-20-19-28(32-26-17-9-7-15-24(26)25-16-8-10-18-27(25)33(29)32)31-21-30(22-11-3-1-4-12-22)36-34(37-31)23-13-5-2-6-14-23/h1-21H. The molecule has 0 atom stereocenters. The number of nitrogens with zero attached hydrogens (tertiary/aromatic N) is 2. The van der Waals surface area contributed by atoms with Crippen LogP contribution in [-0.4, -0.2) is 9.97 Å². The van der Waals surface area contributed by atoms with Gasteiger partial charge in [-0.3, -0.25) is 0 Å². The van der Waals surface area contributed by atoms with E-state index in [1.165, 1.54) is 32.3 Å². The van der Waals surface area contributed by atoms with E-state index in [1.807, 2.05) is 36.4 Å². The average Bonchev–Trinajstić information content (AvgIpc) is 2.98. The molecule has 174 valence electrons. The Morgan fingerprint density at radius 2 is 0.946 bits per heavy atom. The minimum Gasteiger partial charge on any atom is -0.228 e. The largest absolute Gasteiger partial charge is 0.228 e. The van der Waals surface area contributed by atoms with Crippen LogP contribution in [0.1, 0.15) is 0 Å². The van der Waals surface area contributed by atoms with Crippen molar-refractivity contribution in [3.8, 4) is 33.9 Å². The van der Waals surface area contributed by atoms with Gasteiger partial charge in [-0.25, -0.2) is 9.97 Å². The van der Waals surface area contributed by atoms with Gasteiger partial charge in [0.1, 0.15) is 0 Å². The fourth-order valence-electron chi connectivity index (χ4n) is 5.26. The van der Waals surface area contributed by atoms with Crippen LogP contribution >= 0.6 is 15.9 Å². The van der Waals surface area contributed by atoms with Crippen LogP contribution in [0, 0.1) is 0 Å². The number of fused-ring (bicyclic) bond motifs is 6. The molecule has 0 aliphatic rings. The Labute approximate surface area is 223 Å². The van der Waals surface area contributed by atoms with E-state index in [9.17, 15) is 0 Å². The van der Waals surface area contributed by atoms with Gasteiger partial charge in [0.05, 0.1) is 11.4 Å².